The van der Waals surface area contributed by atoms with Crippen molar-refractivity contribution < 1.29 is 4.79 Å². The van der Waals surface area contributed by atoms with Gasteiger partial charge < -0.3 is 4.90 Å². The van der Waals surface area contributed by atoms with Gasteiger partial charge in [-0.05, 0) is 25.3 Å². The van der Waals surface area contributed by atoms with Crippen LogP contribution in [-0.4, -0.2) is 28.9 Å². The second-order valence-corrected chi connectivity index (χ2v) is 6.48. The molecule has 1 fully saturated rings. The minimum absolute atomic E-state index is 0.151. The van der Waals surface area contributed by atoms with Crippen LogP contribution in [0.1, 0.15) is 46.1 Å². The molecule has 1 atom stereocenters. The Morgan fingerprint density at radius 3 is 2.81 bits per heavy atom. The van der Waals surface area contributed by atoms with Crippen LogP contribution in [-0.2, 0) is 0 Å². The van der Waals surface area contributed by atoms with Crippen LogP contribution in [0.2, 0.25) is 0 Å². The second kappa shape index (κ2) is 6.39. The highest BCUT2D eigenvalue weighted by Gasteiger charge is 2.25. The van der Waals surface area contributed by atoms with Gasteiger partial charge >= 0.3 is 0 Å². The number of benzene rings is 1. The number of thiazole rings is 1. The number of aromatic nitrogens is 1. The fourth-order valence-electron chi connectivity index (χ4n) is 2.97. The van der Waals surface area contributed by atoms with Crippen LogP contribution in [0.25, 0.3) is 0 Å². The van der Waals surface area contributed by atoms with Crippen molar-refractivity contribution in [1.29, 1.82) is 0 Å². The van der Waals surface area contributed by atoms with Crippen LogP contribution in [0.5, 0.6) is 0 Å². The predicted molar refractivity (Wildman–Crippen MR) is 85.8 cm³/mol. The van der Waals surface area contributed by atoms with Gasteiger partial charge in [0.2, 0.25) is 0 Å². The molecule has 0 N–H and O–H groups in total. The van der Waals surface area contributed by atoms with E-state index in [1.54, 1.807) is 5.51 Å². The molecule has 3 rings (SSSR count). The van der Waals surface area contributed by atoms with E-state index >= 15 is 0 Å². The molecule has 0 aliphatic carbocycles. The largest absolute Gasteiger partial charge is 0.337 e. The van der Waals surface area contributed by atoms with E-state index in [0.717, 1.165) is 36.5 Å². The fourth-order valence-corrected chi connectivity index (χ4v) is 3.74. The lowest BCUT2D eigenvalue weighted by Gasteiger charge is -2.24. The SMILES string of the molecule is Cc1ncsc1C(=O)N1CCCC[C@@H](c2ccccc2)C1. The van der Waals surface area contributed by atoms with Crippen LogP contribution in [0.4, 0.5) is 0 Å². The van der Waals surface area contributed by atoms with Crippen molar-refractivity contribution in [2.75, 3.05) is 13.1 Å². The minimum Gasteiger partial charge on any atom is -0.337 e. The standard InChI is InChI=1S/C17H20N2OS/c1-13-16(21-12-18-13)17(20)19-10-6-5-9-15(11-19)14-7-3-2-4-8-14/h2-4,7-8,12,15H,5-6,9-11H2,1H3/t15-/m1/s1. The summed E-state index contributed by atoms with van der Waals surface area (Å²) < 4.78 is 0. The maximum atomic E-state index is 12.7. The molecule has 1 amide bonds. The average molecular weight is 300 g/mol. The number of carbonyl (C=O) groups is 1. The summed E-state index contributed by atoms with van der Waals surface area (Å²) in [4.78, 5) is 19.7. The number of hydrogen-bond donors (Lipinski definition) is 0. The van der Waals surface area contributed by atoms with Crippen LogP contribution in [0.15, 0.2) is 35.8 Å². The van der Waals surface area contributed by atoms with Crippen molar-refractivity contribution in [2.24, 2.45) is 0 Å². The first kappa shape index (κ1) is 14.3. The molecule has 21 heavy (non-hydrogen) atoms. The van der Waals surface area contributed by atoms with Gasteiger partial charge in [-0.15, -0.1) is 11.3 Å². The summed E-state index contributed by atoms with van der Waals surface area (Å²) in [5.41, 5.74) is 3.96. The molecule has 0 saturated carbocycles. The number of nitrogens with zero attached hydrogens (tertiary/aromatic N) is 2. The Kier molecular flexibility index (Phi) is 4.34. The van der Waals surface area contributed by atoms with Gasteiger partial charge in [-0.2, -0.15) is 0 Å². The highest BCUT2D eigenvalue weighted by atomic mass is 32.1. The summed E-state index contributed by atoms with van der Waals surface area (Å²) in [6, 6.07) is 10.6. The van der Waals surface area contributed by atoms with Crippen LogP contribution < -0.4 is 0 Å². The molecule has 1 saturated heterocycles. The van der Waals surface area contributed by atoms with Gasteiger partial charge in [0.15, 0.2) is 0 Å². The van der Waals surface area contributed by atoms with Crippen molar-refractivity contribution in [3.05, 3.63) is 52.0 Å². The molecule has 0 spiro atoms. The van der Waals surface area contributed by atoms with Crippen molar-refractivity contribution in [3.8, 4) is 0 Å². The molecule has 3 nitrogen and oxygen atoms in total. The molecular weight excluding hydrogens is 280 g/mol. The van der Waals surface area contributed by atoms with E-state index < -0.39 is 0 Å². The summed E-state index contributed by atoms with van der Waals surface area (Å²) in [5, 5.41) is 0. The molecule has 110 valence electrons. The van der Waals surface area contributed by atoms with Crippen molar-refractivity contribution in [3.63, 3.8) is 0 Å². The highest BCUT2D eigenvalue weighted by molar-refractivity contribution is 7.11. The zero-order valence-electron chi connectivity index (χ0n) is 12.3. The topological polar surface area (TPSA) is 33.2 Å². The van der Waals surface area contributed by atoms with E-state index in [0.29, 0.717) is 5.92 Å². The lowest BCUT2D eigenvalue weighted by Crippen LogP contribution is -2.34. The normalized spacial score (nSPS) is 19.3. The summed E-state index contributed by atoms with van der Waals surface area (Å²) in [7, 11) is 0. The van der Waals surface area contributed by atoms with E-state index in [-0.39, 0.29) is 5.91 Å². The third-order valence-electron chi connectivity index (χ3n) is 4.17. The van der Waals surface area contributed by atoms with Gasteiger partial charge in [0.25, 0.3) is 5.91 Å². The average Bonchev–Trinajstić information content (AvgIpc) is 2.80. The predicted octanol–water partition coefficient (Wildman–Crippen LogP) is 3.86. The molecule has 0 radical (unpaired) electrons. The molecule has 1 aliphatic heterocycles. The molecule has 0 unspecified atom stereocenters. The molecule has 1 aromatic carbocycles. The monoisotopic (exact) mass is 300 g/mol. The Labute approximate surface area is 129 Å². The van der Waals surface area contributed by atoms with Crippen molar-refractivity contribution in [2.45, 2.75) is 32.1 Å². The summed E-state index contributed by atoms with van der Waals surface area (Å²) >= 11 is 1.45. The molecule has 2 heterocycles. The highest BCUT2D eigenvalue weighted by Crippen LogP contribution is 2.28. The van der Waals surface area contributed by atoms with E-state index in [1.807, 2.05) is 17.9 Å². The number of likely N-dealkylation sites (tertiary alicyclic amines) is 1. The molecule has 0 bridgehead atoms. The Morgan fingerprint density at radius 2 is 2.10 bits per heavy atom. The quantitative estimate of drug-likeness (QED) is 0.843. The Balaban J connectivity index is 1.79. The first-order valence-electron chi connectivity index (χ1n) is 7.50. The van der Waals surface area contributed by atoms with Crippen molar-refractivity contribution in [1.82, 2.24) is 9.88 Å². The molecule has 4 heteroatoms. The van der Waals surface area contributed by atoms with E-state index in [1.165, 1.54) is 23.3 Å². The Bertz CT molecular complexity index is 608. The van der Waals surface area contributed by atoms with Gasteiger partial charge in [-0.25, -0.2) is 4.98 Å². The van der Waals surface area contributed by atoms with Gasteiger partial charge in [0, 0.05) is 19.0 Å². The summed E-state index contributed by atoms with van der Waals surface area (Å²) in [6.45, 7) is 3.59. The first-order valence-corrected chi connectivity index (χ1v) is 8.38. The zero-order valence-corrected chi connectivity index (χ0v) is 13.1. The first-order chi connectivity index (χ1) is 10.3. The second-order valence-electron chi connectivity index (χ2n) is 5.62. The molecule has 1 aliphatic rings. The van der Waals surface area contributed by atoms with Gasteiger partial charge in [-0.3, -0.25) is 4.79 Å². The zero-order chi connectivity index (χ0) is 14.7. The lowest BCUT2D eigenvalue weighted by atomic mass is 9.94. The maximum Gasteiger partial charge on any atom is 0.265 e. The van der Waals surface area contributed by atoms with Gasteiger partial charge in [-0.1, -0.05) is 36.8 Å². The number of carbonyl (C=O) groups excluding carboxylic acids is 1. The van der Waals surface area contributed by atoms with E-state index in [9.17, 15) is 4.79 Å². The van der Waals surface area contributed by atoms with Crippen LogP contribution in [0, 0.1) is 6.92 Å². The smallest absolute Gasteiger partial charge is 0.265 e. The molecule has 2 aromatic rings. The third kappa shape index (κ3) is 3.16. The number of rotatable bonds is 2. The molecular formula is C17H20N2OS. The van der Waals surface area contributed by atoms with Gasteiger partial charge in [0.05, 0.1) is 11.2 Å². The van der Waals surface area contributed by atoms with Crippen molar-refractivity contribution >= 4 is 17.2 Å². The van der Waals surface area contributed by atoms with E-state index in [4.69, 9.17) is 0 Å². The minimum atomic E-state index is 0.151. The van der Waals surface area contributed by atoms with Crippen LogP contribution >= 0.6 is 11.3 Å². The number of amides is 1. The number of hydrogen-bond acceptors (Lipinski definition) is 3. The Morgan fingerprint density at radius 1 is 1.29 bits per heavy atom. The summed E-state index contributed by atoms with van der Waals surface area (Å²) in [5.74, 6) is 0.601. The summed E-state index contributed by atoms with van der Waals surface area (Å²) in [6.07, 6.45) is 3.44. The molecule has 1 aromatic heterocycles. The van der Waals surface area contributed by atoms with Crippen LogP contribution in [0.3, 0.4) is 0 Å². The fraction of sp³-hybridized carbons (Fsp3) is 0.412. The number of aryl methyl sites for hydroxylation is 1. The van der Waals surface area contributed by atoms with E-state index in [2.05, 4.69) is 29.2 Å². The third-order valence-corrected chi connectivity index (χ3v) is 5.09. The Hall–Kier alpha value is -1.68. The maximum absolute atomic E-state index is 12.7. The lowest BCUT2D eigenvalue weighted by molar-refractivity contribution is 0.0758. The van der Waals surface area contributed by atoms with Gasteiger partial charge in [0.1, 0.15) is 4.88 Å².